The van der Waals surface area contributed by atoms with Gasteiger partial charge in [-0.25, -0.2) is 0 Å². The van der Waals surface area contributed by atoms with E-state index < -0.39 is 0 Å². The number of carbonyl (C=O) groups is 1. The third-order valence-corrected chi connectivity index (χ3v) is 4.87. The molecule has 4 nitrogen and oxygen atoms in total. The number of fused-ring (bicyclic) bond motifs is 3. The minimum Gasteiger partial charge on any atom is -0.348 e. The molecule has 112 valence electrons. The molecule has 2 saturated heterocycles. The van der Waals surface area contributed by atoms with E-state index in [9.17, 15) is 4.79 Å². The van der Waals surface area contributed by atoms with Crippen LogP contribution in [0.4, 0.5) is 0 Å². The van der Waals surface area contributed by atoms with E-state index in [4.69, 9.17) is 6.42 Å². The zero-order valence-corrected chi connectivity index (χ0v) is 12.5. The van der Waals surface area contributed by atoms with Crippen LogP contribution in [-0.2, 0) is 0 Å². The molecule has 3 unspecified atom stereocenters. The third kappa shape index (κ3) is 2.28. The molecule has 3 atom stereocenters. The second kappa shape index (κ2) is 5.19. The summed E-state index contributed by atoms with van der Waals surface area (Å²) in [6.45, 7) is 3.37. The summed E-state index contributed by atoms with van der Waals surface area (Å²) in [7, 11) is 0. The van der Waals surface area contributed by atoms with Crippen molar-refractivity contribution in [1.29, 1.82) is 0 Å². The smallest absolute Gasteiger partial charge is 0.251 e. The van der Waals surface area contributed by atoms with Gasteiger partial charge in [0.15, 0.2) is 0 Å². The maximum absolute atomic E-state index is 12.5. The van der Waals surface area contributed by atoms with Gasteiger partial charge in [0, 0.05) is 36.4 Å². The van der Waals surface area contributed by atoms with Gasteiger partial charge in [0.2, 0.25) is 0 Å². The largest absolute Gasteiger partial charge is 0.348 e. The zero-order valence-electron chi connectivity index (χ0n) is 12.5. The number of piperidine rings is 1. The second-order valence-electron chi connectivity index (χ2n) is 6.39. The van der Waals surface area contributed by atoms with E-state index in [0.29, 0.717) is 5.56 Å². The number of nitrogens with zero attached hydrogens (tertiary/aromatic N) is 2. The van der Waals surface area contributed by atoms with E-state index in [2.05, 4.69) is 16.1 Å². The minimum absolute atomic E-state index is 0.0125. The lowest BCUT2D eigenvalue weighted by Crippen LogP contribution is -2.47. The molecule has 2 bridgehead atoms. The first-order valence-corrected chi connectivity index (χ1v) is 7.84. The van der Waals surface area contributed by atoms with Crippen molar-refractivity contribution in [3.8, 4) is 12.3 Å². The van der Waals surface area contributed by atoms with Crippen LogP contribution in [0.3, 0.4) is 0 Å². The molecule has 0 radical (unpaired) electrons. The van der Waals surface area contributed by atoms with Crippen molar-refractivity contribution in [3.63, 3.8) is 0 Å². The zero-order chi connectivity index (χ0) is 15.1. The number of nitrogens with one attached hydrogen (secondary N) is 1. The van der Waals surface area contributed by atoms with Crippen molar-refractivity contribution in [2.75, 3.05) is 19.6 Å². The van der Waals surface area contributed by atoms with Gasteiger partial charge in [0.1, 0.15) is 0 Å². The van der Waals surface area contributed by atoms with E-state index >= 15 is 0 Å². The third-order valence-electron chi connectivity index (χ3n) is 4.87. The maximum Gasteiger partial charge on any atom is 0.251 e. The molecule has 2 aromatic heterocycles. The molecule has 2 fully saturated rings. The number of terminal acetylenes is 1. The normalized spacial score (nSPS) is 26.8. The highest BCUT2D eigenvalue weighted by atomic mass is 16.1. The summed E-state index contributed by atoms with van der Waals surface area (Å²) in [5.74, 6) is 3.41. The Bertz CT molecular complexity index is 758. The van der Waals surface area contributed by atoms with Gasteiger partial charge >= 0.3 is 0 Å². The first kappa shape index (κ1) is 13.4. The van der Waals surface area contributed by atoms with Gasteiger partial charge < -0.3 is 14.6 Å². The van der Waals surface area contributed by atoms with Crippen LogP contribution in [0.25, 0.3) is 5.52 Å². The average Bonchev–Trinajstić information content (AvgIpc) is 3.09. The van der Waals surface area contributed by atoms with Crippen LogP contribution in [0, 0.1) is 18.3 Å². The van der Waals surface area contributed by atoms with Crippen LogP contribution in [0.5, 0.6) is 0 Å². The lowest BCUT2D eigenvalue weighted by Gasteiger charge is -2.30. The van der Waals surface area contributed by atoms with Crippen LogP contribution < -0.4 is 5.32 Å². The quantitative estimate of drug-likeness (QED) is 0.856. The van der Waals surface area contributed by atoms with Crippen molar-refractivity contribution in [3.05, 3.63) is 41.7 Å². The Morgan fingerprint density at radius 3 is 3.05 bits per heavy atom. The topological polar surface area (TPSA) is 36.8 Å². The lowest BCUT2D eigenvalue weighted by molar-refractivity contribution is 0.0909. The molecule has 0 saturated carbocycles. The average molecular weight is 293 g/mol. The van der Waals surface area contributed by atoms with Gasteiger partial charge in [-0.05, 0) is 49.6 Å². The number of aromatic nitrogens is 1. The summed E-state index contributed by atoms with van der Waals surface area (Å²) >= 11 is 0. The molecular formula is C18H19N3O. The van der Waals surface area contributed by atoms with Crippen LogP contribution in [0.1, 0.15) is 28.9 Å². The highest BCUT2D eigenvalue weighted by Gasteiger charge is 2.32. The molecule has 0 aliphatic carbocycles. The highest BCUT2D eigenvalue weighted by molar-refractivity contribution is 5.95. The van der Waals surface area contributed by atoms with Crippen molar-refractivity contribution >= 4 is 11.4 Å². The van der Waals surface area contributed by atoms with Crippen molar-refractivity contribution < 1.29 is 4.79 Å². The summed E-state index contributed by atoms with van der Waals surface area (Å²) < 4.78 is 1.92. The molecule has 2 aromatic rings. The number of rotatable bonds is 2. The second-order valence-corrected chi connectivity index (χ2v) is 6.39. The molecule has 22 heavy (non-hydrogen) atoms. The van der Waals surface area contributed by atoms with Gasteiger partial charge in [-0.1, -0.05) is 5.92 Å². The van der Waals surface area contributed by atoms with Crippen LogP contribution in [0.15, 0.2) is 30.5 Å². The van der Waals surface area contributed by atoms with Crippen LogP contribution in [0.2, 0.25) is 0 Å². The Hall–Kier alpha value is -2.25. The maximum atomic E-state index is 12.5. The first-order valence-electron chi connectivity index (χ1n) is 7.84. The van der Waals surface area contributed by atoms with Gasteiger partial charge in [-0.3, -0.25) is 4.79 Å². The van der Waals surface area contributed by atoms with E-state index in [0.717, 1.165) is 30.1 Å². The molecule has 1 N–H and O–H groups in total. The van der Waals surface area contributed by atoms with Crippen LogP contribution in [-0.4, -0.2) is 40.9 Å². The Morgan fingerprint density at radius 1 is 1.32 bits per heavy atom. The molecular weight excluding hydrogens is 274 g/mol. The SMILES string of the molecule is C#Cc1ccc2cc(C(=O)NC3CC4CCN(C4)C3)ccn12. The summed E-state index contributed by atoms with van der Waals surface area (Å²) in [5, 5.41) is 3.19. The number of hydrogen-bond acceptors (Lipinski definition) is 2. The van der Waals surface area contributed by atoms with Crippen molar-refractivity contribution in [1.82, 2.24) is 14.6 Å². The summed E-state index contributed by atoms with van der Waals surface area (Å²) in [6.07, 6.45) is 9.71. The fraction of sp³-hybridized carbons (Fsp3) is 0.389. The van der Waals surface area contributed by atoms with E-state index in [1.54, 1.807) is 0 Å². The van der Waals surface area contributed by atoms with Crippen LogP contribution >= 0.6 is 0 Å². The molecule has 0 aromatic carbocycles. The van der Waals surface area contributed by atoms with Gasteiger partial charge in [-0.2, -0.15) is 0 Å². The van der Waals surface area contributed by atoms with E-state index in [1.807, 2.05) is 34.9 Å². The Kier molecular flexibility index (Phi) is 3.16. The molecule has 4 heterocycles. The predicted molar refractivity (Wildman–Crippen MR) is 85.8 cm³/mol. The standard InChI is InChI=1S/C18H19N3O/c1-2-16-3-4-17-10-14(6-8-21(16)17)18(22)19-15-9-13-5-7-20(11-13)12-15/h1,3-4,6,8,10,13,15H,5,7,9,11-12H2,(H,19,22). The minimum atomic E-state index is 0.0125. The Morgan fingerprint density at radius 2 is 2.23 bits per heavy atom. The van der Waals surface area contributed by atoms with Crippen molar-refractivity contribution in [2.45, 2.75) is 18.9 Å². The highest BCUT2D eigenvalue weighted by Crippen LogP contribution is 2.26. The van der Waals surface area contributed by atoms with Gasteiger partial charge in [0.25, 0.3) is 5.91 Å². The molecule has 0 spiro atoms. The fourth-order valence-corrected chi connectivity index (χ4v) is 3.80. The molecule has 2 aliphatic heterocycles. The first-order chi connectivity index (χ1) is 10.7. The van der Waals surface area contributed by atoms with Gasteiger partial charge in [0.05, 0.1) is 5.69 Å². The number of amides is 1. The van der Waals surface area contributed by atoms with Gasteiger partial charge in [-0.15, -0.1) is 6.42 Å². The molecule has 2 aliphatic rings. The molecule has 4 rings (SSSR count). The number of pyridine rings is 1. The summed E-state index contributed by atoms with van der Waals surface area (Å²) in [5.41, 5.74) is 2.45. The monoisotopic (exact) mass is 293 g/mol. The predicted octanol–water partition coefficient (Wildman–Crippen LogP) is 1.74. The van der Waals surface area contributed by atoms with E-state index in [1.165, 1.54) is 19.5 Å². The summed E-state index contributed by atoms with van der Waals surface area (Å²) in [4.78, 5) is 14.9. The lowest BCUT2D eigenvalue weighted by atomic mass is 9.96. The Balaban J connectivity index is 1.52. The molecule has 1 amide bonds. The Labute approximate surface area is 130 Å². The fourth-order valence-electron chi connectivity index (χ4n) is 3.80. The van der Waals surface area contributed by atoms with E-state index in [-0.39, 0.29) is 11.9 Å². The molecule has 4 heteroatoms. The summed E-state index contributed by atoms with van der Waals surface area (Å²) in [6, 6.07) is 7.84. The number of carbonyl (C=O) groups excluding carboxylic acids is 1. The number of hydrogen-bond donors (Lipinski definition) is 1. The van der Waals surface area contributed by atoms with Crippen molar-refractivity contribution in [2.24, 2.45) is 5.92 Å².